The van der Waals surface area contributed by atoms with E-state index in [1.807, 2.05) is 18.2 Å². The molecule has 0 spiro atoms. The molecule has 0 bridgehead atoms. The van der Waals surface area contributed by atoms with E-state index in [1.165, 1.54) is 12.0 Å². The highest BCUT2D eigenvalue weighted by atomic mass is 16.3. The molecule has 2 N–H and O–H groups in total. The second-order valence-corrected chi connectivity index (χ2v) is 4.97. The molecule has 18 heavy (non-hydrogen) atoms. The van der Waals surface area contributed by atoms with Gasteiger partial charge in [-0.15, -0.1) is 0 Å². The topological polar surface area (TPSA) is 58.3 Å². The molecule has 98 valence electrons. The van der Waals surface area contributed by atoms with Crippen molar-refractivity contribution in [1.29, 1.82) is 0 Å². The van der Waals surface area contributed by atoms with E-state index in [9.17, 15) is 5.11 Å². The Kier molecular flexibility index (Phi) is 4.33. The van der Waals surface area contributed by atoms with Gasteiger partial charge in [0.15, 0.2) is 12.0 Å². The summed E-state index contributed by atoms with van der Waals surface area (Å²) in [6.45, 7) is 6.08. The number of aliphatic hydroxyl groups excluding tert-OH is 1. The smallest absolute Gasteiger partial charge is 0.181 e. The van der Waals surface area contributed by atoms with Crippen LogP contribution in [0.2, 0.25) is 0 Å². The lowest BCUT2D eigenvalue weighted by atomic mass is 9.97. The van der Waals surface area contributed by atoms with E-state index < -0.39 is 0 Å². The fourth-order valence-corrected chi connectivity index (χ4v) is 1.92. The van der Waals surface area contributed by atoms with Gasteiger partial charge in [-0.1, -0.05) is 19.9 Å². The van der Waals surface area contributed by atoms with Gasteiger partial charge in [-0.3, -0.25) is 0 Å². The van der Waals surface area contributed by atoms with Crippen molar-refractivity contribution in [2.24, 2.45) is 11.8 Å². The summed E-state index contributed by atoms with van der Waals surface area (Å²) >= 11 is 0. The van der Waals surface area contributed by atoms with Crippen LogP contribution in [0.3, 0.4) is 0 Å². The number of oxazole rings is 1. The third-order valence-corrected chi connectivity index (χ3v) is 3.31. The molecule has 0 aliphatic carbocycles. The Morgan fingerprint density at radius 1 is 1.39 bits per heavy atom. The zero-order valence-electron chi connectivity index (χ0n) is 10.9. The molecule has 0 saturated heterocycles. The van der Waals surface area contributed by atoms with Crippen LogP contribution in [0.15, 0.2) is 29.0 Å². The first-order valence-corrected chi connectivity index (χ1v) is 6.34. The molecular formula is C14H20N2O2. The van der Waals surface area contributed by atoms with Crippen LogP contribution in [0.1, 0.15) is 19.4 Å². The van der Waals surface area contributed by atoms with Crippen LogP contribution in [0.5, 0.6) is 0 Å². The Hall–Kier alpha value is -1.39. The highest BCUT2D eigenvalue weighted by molar-refractivity contribution is 5.72. The van der Waals surface area contributed by atoms with Crippen molar-refractivity contribution >= 4 is 11.1 Å². The van der Waals surface area contributed by atoms with Crippen molar-refractivity contribution in [3.05, 3.63) is 30.2 Å². The molecule has 1 unspecified atom stereocenters. The summed E-state index contributed by atoms with van der Waals surface area (Å²) < 4.78 is 5.27. The van der Waals surface area contributed by atoms with Crippen LogP contribution in [0.4, 0.5) is 0 Å². The minimum Gasteiger partial charge on any atom is -0.443 e. The number of aliphatic hydroxyl groups is 1. The standard InChI is InChI=1S/C14H20N2O2/c1-10(2)12(8-17)7-15-6-11-3-4-13-14(5-11)18-9-16-13/h3-5,9-10,12,15,17H,6-8H2,1-2H3. The Bertz CT molecular complexity index is 493. The molecule has 1 atom stereocenters. The number of hydrogen-bond donors (Lipinski definition) is 2. The Balaban J connectivity index is 1.89. The summed E-state index contributed by atoms with van der Waals surface area (Å²) in [5.74, 6) is 0.790. The summed E-state index contributed by atoms with van der Waals surface area (Å²) in [6, 6.07) is 6.00. The highest BCUT2D eigenvalue weighted by Crippen LogP contribution is 2.14. The lowest BCUT2D eigenvalue weighted by Crippen LogP contribution is -2.28. The van der Waals surface area contributed by atoms with Crippen molar-refractivity contribution in [1.82, 2.24) is 10.3 Å². The molecule has 1 aromatic heterocycles. The van der Waals surface area contributed by atoms with Gasteiger partial charge in [-0.05, 0) is 29.5 Å². The van der Waals surface area contributed by atoms with Crippen molar-refractivity contribution < 1.29 is 9.52 Å². The Morgan fingerprint density at radius 3 is 2.94 bits per heavy atom. The van der Waals surface area contributed by atoms with E-state index in [-0.39, 0.29) is 6.61 Å². The van der Waals surface area contributed by atoms with Crippen LogP contribution >= 0.6 is 0 Å². The lowest BCUT2D eigenvalue weighted by Gasteiger charge is -2.18. The molecule has 0 aliphatic heterocycles. The second kappa shape index (κ2) is 5.98. The summed E-state index contributed by atoms with van der Waals surface area (Å²) in [5, 5.41) is 12.6. The molecule has 2 rings (SSSR count). The molecule has 1 aromatic carbocycles. The second-order valence-electron chi connectivity index (χ2n) is 4.97. The SMILES string of the molecule is CC(C)C(CO)CNCc1ccc2ncoc2c1. The van der Waals surface area contributed by atoms with Gasteiger partial charge in [0.2, 0.25) is 0 Å². The number of hydrogen-bond acceptors (Lipinski definition) is 4. The maximum atomic E-state index is 9.24. The first-order chi connectivity index (χ1) is 8.70. The number of fused-ring (bicyclic) bond motifs is 1. The van der Waals surface area contributed by atoms with Crippen LogP contribution in [0.25, 0.3) is 11.1 Å². The molecule has 0 radical (unpaired) electrons. The summed E-state index contributed by atoms with van der Waals surface area (Å²) in [6.07, 6.45) is 1.46. The average molecular weight is 248 g/mol. The van der Waals surface area contributed by atoms with Gasteiger partial charge in [0.05, 0.1) is 0 Å². The van der Waals surface area contributed by atoms with Gasteiger partial charge >= 0.3 is 0 Å². The Morgan fingerprint density at radius 2 is 2.22 bits per heavy atom. The zero-order chi connectivity index (χ0) is 13.0. The highest BCUT2D eigenvalue weighted by Gasteiger charge is 2.11. The largest absolute Gasteiger partial charge is 0.443 e. The molecule has 4 heteroatoms. The maximum absolute atomic E-state index is 9.24. The molecule has 4 nitrogen and oxygen atoms in total. The quantitative estimate of drug-likeness (QED) is 0.822. The number of aromatic nitrogens is 1. The summed E-state index contributed by atoms with van der Waals surface area (Å²) in [4.78, 5) is 4.08. The van der Waals surface area contributed by atoms with E-state index in [0.717, 1.165) is 24.2 Å². The fourth-order valence-electron chi connectivity index (χ4n) is 1.92. The predicted molar refractivity (Wildman–Crippen MR) is 71.1 cm³/mol. The van der Waals surface area contributed by atoms with Gasteiger partial charge in [0, 0.05) is 19.7 Å². The minimum absolute atomic E-state index is 0.228. The van der Waals surface area contributed by atoms with E-state index >= 15 is 0 Å². The zero-order valence-corrected chi connectivity index (χ0v) is 10.9. The van der Waals surface area contributed by atoms with E-state index in [0.29, 0.717) is 11.8 Å². The van der Waals surface area contributed by atoms with E-state index in [2.05, 4.69) is 24.1 Å². The average Bonchev–Trinajstić information content (AvgIpc) is 2.81. The van der Waals surface area contributed by atoms with Gasteiger partial charge in [0.1, 0.15) is 5.52 Å². The van der Waals surface area contributed by atoms with Gasteiger partial charge < -0.3 is 14.8 Å². The molecular weight excluding hydrogens is 228 g/mol. The van der Waals surface area contributed by atoms with Crippen molar-refractivity contribution in [3.63, 3.8) is 0 Å². The van der Waals surface area contributed by atoms with E-state index in [1.54, 1.807) is 0 Å². The minimum atomic E-state index is 0.228. The number of rotatable bonds is 6. The number of benzene rings is 1. The van der Waals surface area contributed by atoms with Gasteiger partial charge in [0.25, 0.3) is 0 Å². The van der Waals surface area contributed by atoms with Crippen molar-refractivity contribution in [3.8, 4) is 0 Å². The van der Waals surface area contributed by atoms with Crippen LogP contribution < -0.4 is 5.32 Å². The maximum Gasteiger partial charge on any atom is 0.181 e. The first kappa shape index (κ1) is 13.1. The molecule has 0 aliphatic rings. The molecule has 0 saturated carbocycles. The monoisotopic (exact) mass is 248 g/mol. The fraction of sp³-hybridized carbons (Fsp3) is 0.500. The first-order valence-electron chi connectivity index (χ1n) is 6.34. The van der Waals surface area contributed by atoms with E-state index in [4.69, 9.17) is 4.42 Å². The van der Waals surface area contributed by atoms with Crippen LogP contribution in [-0.2, 0) is 6.54 Å². The predicted octanol–water partition coefficient (Wildman–Crippen LogP) is 2.18. The Labute approximate surface area is 107 Å². The number of nitrogens with one attached hydrogen (secondary N) is 1. The third kappa shape index (κ3) is 3.09. The molecule has 0 fully saturated rings. The van der Waals surface area contributed by atoms with Crippen LogP contribution in [-0.4, -0.2) is 23.2 Å². The van der Waals surface area contributed by atoms with Crippen molar-refractivity contribution in [2.45, 2.75) is 20.4 Å². The van der Waals surface area contributed by atoms with Gasteiger partial charge in [-0.25, -0.2) is 4.98 Å². The summed E-state index contributed by atoms with van der Waals surface area (Å²) in [5.41, 5.74) is 2.87. The normalized spacial score (nSPS) is 13.3. The van der Waals surface area contributed by atoms with Crippen molar-refractivity contribution in [2.75, 3.05) is 13.2 Å². The third-order valence-electron chi connectivity index (χ3n) is 3.31. The molecule has 0 amide bonds. The van der Waals surface area contributed by atoms with Gasteiger partial charge in [-0.2, -0.15) is 0 Å². The molecule has 2 aromatic rings. The molecule has 1 heterocycles. The summed E-state index contributed by atoms with van der Waals surface area (Å²) in [7, 11) is 0. The van der Waals surface area contributed by atoms with Crippen LogP contribution in [0, 0.1) is 11.8 Å². The lowest BCUT2D eigenvalue weighted by molar-refractivity contribution is 0.186. The number of nitrogens with zero attached hydrogens (tertiary/aromatic N) is 1.